The van der Waals surface area contributed by atoms with E-state index in [0.717, 1.165) is 22.7 Å². The summed E-state index contributed by atoms with van der Waals surface area (Å²) in [6.45, 7) is 65.4. The van der Waals surface area contributed by atoms with E-state index in [9.17, 15) is 0 Å². The van der Waals surface area contributed by atoms with Crippen molar-refractivity contribution < 1.29 is 0 Å². The van der Waals surface area contributed by atoms with Crippen LogP contribution in [0.2, 0.25) is 0 Å². The van der Waals surface area contributed by atoms with Gasteiger partial charge in [0, 0.05) is 32.3 Å². The first-order chi connectivity index (χ1) is 46.8. The maximum Gasteiger partial charge on any atom is 0.0562 e. The van der Waals surface area contributed by atoms with Gasteiger partial charge in [0.15, 0.2) is 0 Å². The Kier molecular flexibility index (Phi) is 18.0. The maximum absolute atomic E-state index is 2.68. The second kappa shape index (κ2) is 25.5. The predicted octanol–water partition coefficient (Wildman–Crippen LogP) is 28.6. The minimum Gasteiger partial charge on any atom is -0.309 e. The van der Waals surface area contributed by atoms with Crippen molar-refractivity contribution in [3.63, 3.8) is 0 Å². The van der Waals surface area contributed by atoms with Gasteiger partial charge in [0.05, 0.1) is 68.2 Å². The Bertz CT molecular complexity index is 4430. The standard InChI is InChI=1S/C96H110N4/c1-55-33-29-34-56(2)85(55)97(89-63(9)45-71(46-64(89)10)93(17,18)19)79-53-80(98(86-57(3)35-30-36-58(86)4)90-65(11)47-72(48-66(90)12)94(20,21)22)76-43-44-78-82(100(88-61(7)39-32-40-62(88)8)92-69(15)51-74(52-70(92)16)96(26,27)28)54-81(77-42-41-75(79)83(76)84(77)78)99(87-59(5)37-31-38-60(87)6)91-67(13)49-73(50-68(91)14)95(23,24)25/h29-54H,1-28H3. The molecule has 0 aromatic heterocycles. The van der Waals surface area contributed by atoms with Gasteiger partial charge >= 0.3 is 0 Å². The van der Waals surface area contributed by atoms with Gasteiger partial charge in [-0.15, -0.1) is 0 Å². The zero-order valence-corrected chi connectivity index (χ0v) is 65.8. The number of para-hydroxylation sites is 4. The van der Waals surface area contributed by atoms with E-state index in [-0.39, 0.29) is 21.7 Å². The summed E-state index contributed by atoms with van der Waals surface area (Å²) < 4.78 is 0. The average Bonchev–Trinajstić information content (AvgIpc) is 0.695. The molecule has 0 spiro atoms. The lowest BCUT2D eigenvalue weighted by Gasteiger charge is -2.38. The van der Waals surface area contributed by atoms with Gasteiger partial charge in [0.1, 0.15) is 0 Å². The van der Waals surface area contributed by atoms with Crippen LogP contribution in [0.25, 0.3) is 32.3 Å². The van der Waals surface area contributed by atoms with Crippen molar-refractivity contribution in [2.75, 3.05) is 19.6 Å². The summed E-state index contributed by atoms with van der Waals surface area (Å²) in [5.41, 5.74) is 38.7. The highest BCUT2D eigenvalue weighted by molar-refractivity contribution is 6.33. The van der Waals surface area contributed by atoms with Crippen LogP contribution in [-0.2, 0) is 21.7 Å². The van der Waals surface area contributed by atoms with E-state index in [1.165, 1.54) is 189 Å². The third kappa shape index (κ3) is 12.2. The number of rotatable bonds is 12. The van der Waals surface area contributed by atoms with Crippen molar-refractivity contribution in [3.05, 3.63) is 269 Å². The molecule has 12 aromatic rings. The molecule has 514 valence electrons. The first-order valence-corrected chi connectivity index (χ1v) is 36.5. The van der Waals surface area contributed by atoms with Gasteiger partial charge in [-0.1, -0.05) is 229 Å². The lowest BCUT2D eigenvalue weighted by molar-refractivity contribution is 0.589. The van der Waals surface area contributed by atoms with E-state index in [1.807, 2.05) is 0 Å². The molecule has 0 N–H and O–H groups in total. The number of hydrogen-bond donors (Lipinski definition) is 0. The Morgan fingerprint density at radius 1 is 0.180 bits per heavy atom. The third-order valence-electron chi connectivity index (χ3n) is 21.8. The first kappa shape index (κ1) is 70.7. The second-order valence-electron chi connectivity index (χ2n) is 34.0. The van der Waals surface area contributed by atoms with E-state index in [4.69, 9.17) is 0 Å². The zero-order valence-electron chi connectivity index (χ0n) is 65.8. The van der Waals surface area contributed by atoms with Crippen LogP contribution in [0.5, 0.6) is 0 Å². The van der Waals surface area contributed by atoms with Crippen LogP contribution in [0.4, 0.5) is 68.2 Å². The molecule has 0 aliphatic rings. The Balaban J connectivity index is 1.40. The molecule has 0 heterocycles. The molecule has 100 heavy (non-hydrogen) atoms. The molecule has 0 amide bonds. The molecule has 0 saturated heterocycles. The van der Waals surface area contributed by atoms with Crippen molar-refractivity contribution in [2.24, 2.45) is 0 Å². The Morgan fingerprint density at radius 2 is 0.320 bits per heavy atom. The normalized spacial score (nSPS) is 12.4. The molecule has 4 heteroatoms. The van der Waals surface area contributed by atoms with E-state index >= 15 is 0 Å². The van der Waals surface area contributed by atoms with Crippen LogP contribution >= 0.6 is 0 Å². The highest BCUT2D eigenvalue weighted by Gasteiger charge is 2.35. The molecule has 0 unspecified atom stereocenters. The minimum absolute atomic E-state index is 0.0654. The number of benzene rings is 12. The number of hydrogen-bond acceptors (Lipinski definition) is 4. The summed E-state index contributed by atoms with van der Waals surface area (Å²) in [4.78, 5) is 10.7. The maximum atomic E-state index is 2.68. The zero-order chi connectivity index (χ0) is 72.6. The fourth-order valence-electron chi connectivity index (χ4n) is 16.7. The average molecular weight is 1320 g/mol. The molecule has 4 nitrogen and oxygen atoms in total. The van der Waals surface area contributed by atoms with Crippen LogP contribution in [-0.4, -0.2) is 0 Å². The van der Waals surface area contributed by atoms with E-state index in [1.54, 1.807) is 0 Å². The molecule has 0 bridgehead atoms. The van der Waals surface area contributed by atoms with Crippen LogP contribution in [0.1, 0.15) is 194 Å². The molecular weight excluding hydrogens is 1210 g/mol. The highest BCUT2D eigenvalue weighted by atomic mass is 15.2. The van der Waals surface area contributed by atoms with E-state index < -0.39 is 0 Å². The van der Waals surface area contributed by atoms with Crippen molar-refractivity contribution >= 4 is 101 Å². The summed E-state index contributed by atoms with van der Waals surface area (Å²) in [6.07, 6.45) is 0. The van der Waals surface area contributed by atoms with Crippen LogP contribution in [0.3, 0.4) is 0 Å². The molecule has 0 aliphatic carbocycles. The Hall–Kier alpha value is -9.12. The van der Waals surface area contributed by atoms with Crippen molar-refractivity contribution in [1.82, 2.24) is 0 Å². The van der Waals surface area contributed by atoms with Crippen molar-refractivity contribution in [3.8, 4) is 0 Å². The molecule has 12 aromatic carbocycles. The predicted molar refractivity (Wildman–Crippen MR) is 439 cm³/mol. The summed E-state index contributed by atoms with van der Waals surface area (Å²) >= 11 is 0. The summed E-state index contributed by atoms with van der Waals surface area (Å²) in [6, 6.07) is 62.3. The SMILES string of the molecule is Cc1cccc(C)c1N(c1c(C)cc(C(C)(C)C)cc1C)c1cc(N(c2c(C)cccc2C)c2c(C)cc(C(C)(C)C)cc2C)c2ccc3c(N(c4c(C)cccc4C)c4c(C)cc(C(C)(C)C)cc4C)cc(N(c4c(C)cccc4C)c4c(C)cc(C(C)(C)C)cc4C)c4ccc1c2c43. The summed E-state index contributed by atoms with van der Waals surface area (Å²) in [5.74, 6) is 0. The van der Waals surface area contributed by atoms with E-state index in [0.29, 0.717) is 0 Å². The molecule has 0 atom stereocenters. The van der Waals surface area contributed by atoms with Crippen molar-refractivity contribution in [2.45, 2.75) is 216 Å². The molecule has 0 aliphatic heterocycles. The molecule has 0 radical (unpaired) electrons. The van der Waals surface area contributed by atoms with Gasteiger partial charge in [-0.3, -0.25) is 0 Å². The van der Waals surface area contributed by atoms with Gasteiger partial charge < -0.3 is 19.6 Å². The Morgan fingerprint density at radius 3 is 0.460 bits per heavy atom. The summed E-state index contributed by atoms with van der Waals surface area (Å²) in [5, 5.41) is 7.16. The van der Waals surface area contributed by atoms with Gasteiger partial charge in [0.25, 0.3) is 0 Å². The fourth-order valence-corrected chi connectivity index (χ4v) is 16.7. The molecule has 12 rings (SSSR count). The number of nitrogens with zero attached hydrogens (tertiary/aromatic N) is 4. The van der Waals surface area contributed by atoms with Gasteiger partial charge in [0.2, 0.25) is 0 Å². The van der Waals surface area contributed by atoms with E-state index in [2.05, 4.69) is 371 Å². The van der Waals surface area contributed by atoms with Crippen LogP contribution in [0.15, 0.2) is 158 Å². The summed E-state index contributed by atoms with van der Waals surface area (Å²) in [7, 11) is 0. The second-order valence-corrected chi connectivity index (χ2v) is 34.0. The van der Waals surface area contributed by atoms with Gasteiger partial charge in [-0.05, 0) is 256 Å². The highest BCUT2D eigenvalue weighted by Crippen LogP contribution is 2.59. The lowest BCUT2D eigenvalue weighted by Crippen LogP contribution is -2.21. The quantitative estimate of drug-likeness (QED) is 0.113. The van der Waals surface area contributed by atoms with Crippen LogP contribution in [0, 0.1) is 111 Å². The fraction of sp³-hybridized carbons (Fsp3) is 0.333. The Labute approximate surface area is 601 Å². The minimum atomic E-state index is -0.0654. The largest absolute Gasteiger partial charge is 0.309 e. The lowest BCUT2D eigenvalue weighted by atomic mass is 9.83. The van der Waals surface area contributed by atoms with Gasteiger partial charge in [-0.2, -0.15) is 0 Å². The molecule has 0 fully saturated rings. The monoisotopic (exact) mass is 1320 g/mol. The van der Waals surface area contributed by atoms with Gasteiger partial charge in [-0.25, -0.2) is 0 Å². The first-order valence-electron chi connectivity index (χ1n) is 36.5. The van der Waals surface area contributed by atoms with Crippen molar-refractivity contribution in [1.29, 1.82) is 0 Å². The number of anilines is 12. The molecule has 0 saturated carbocycles. The topological polar surface area (TPSA) is 13.0 Å². The smallest absolute Gasteiger partial charge is 0.0562 e. The van der Waals surface area contributed by atoms with Crippen LogP contribution < -0.4 is 19.6 Å². The third-order valence-corrected chi connectivity index (χ3v) is 21.8. The molecular formula is C96H110N4. The number of aryl methyl sites for hydroxylation is 16.